The zero-order valence-electron chi connectivity index (χ0n) is 11.8. The molecule has 0 radical (unpaired) electrons. The molecule has 0 spiro atoms. The summed E-state index contributed by atoms with van der Waals surface area (Å²) in [6.45, 7) is 8.23. The van der Waals surface area contributed by atoms with Crippen LogP contribution in [0.15, 0.2) is 0 Å². The van der Waals surface area contributed by atoms with Gasteiger partial charge in [0.25, 0.3) is 0 Å². The van der Waals surface area contributed by atoms with Crippen LogP contribution in [0.5, 0.6) is 0 Å². The van der Waals surface area contributed by atoms with Crippen LogP contribution in [0.3, 0.4) is 0 Å². The molecule has 2 saturated heterocycles. The Bertz CT molecular complexity index is 363. The minimum absolute atomic E-state index is 0.114. The van der Waals surface area contributed by atoms with Gasteiger partial charge in [0, 0.05) is 18.5 Å². The molecule has 0 aromatic carbocycles. The molecule has 2 rings (SSSR count). The first-order valence-corrected chi connectivity index (χ1v) is 6.64. The summed E-state index contributed by atoms with van der Waals surface area (Å²) in [7, 11) is 0. The predicted molar refractivity (Wildman–Crippen MR) is 69.2 cm³/mol. The van der Waals surface area contributed by atoms with Crippen LogP contribution in [0.1, 0.15) is 20.8 Å². The fraction of sp³-hybridized carbons (Fsp3) is 0.846. The lowest BCUT2D eigenvalue weighted by atomic mass is 9.90. The van der Waals surface area contributed by atoms with Crippen molar-refractivity contribution in [2.45, 2.75) is 33.0 Å². The summed E-state index contributed by atoms with van der Waals surface area (Å²) in [6.07, 6.45) is -1.12. The first-order valence-electron chi connectivity index (χ1n) is 6.64. The second kappa shape index (κ2) is 5.09. The molecule has 2 fully saturated rings. The Morgan fingerprint density at radius 2 is 1.68 bits per heavy atom. The third-order valence-corrected chi connectivity index (χ3v) is 3.63. The molecule has 1 amide bonds. The lowest BCUT2D eigenvalue weighted by Gasteiger charge is -2.45. The van der Waals surface area contributed by atoms with Crippen molar-refractivity contribution in [1.82, 2.24) is 9.80 Å². The van der Waals surface area contributed by atoms with E-state index in [9.17, 15) is 9.59 Å². The van der Waals surface area contributed by atoms with Crippen LogP contribution in [-0.2, 0) is 9.53 Å². The molecule has 6 heteroatoms. The summed E-state index contributed by atoms with van der Waals surface area (Å²) >= 11 is 0. The van der Waals surface area contributed by atoms with Gasteiger partial charge in [0.05, 0.1) is 31.8 Å². The molecule has 108 valence electrons. The molecule has 6 nitrogen and oxygen atoms in total. The van der Waals surface area contributed by atoms with E-state index in [2.05, 4.69) is 4.90 Å². The van der Waals surface area contributed by atoms with Gasteiger partial charge in [-0.1, -0.05) is 20.8 Å². The van der Waals surface area contributed by atoms with E-state index < -0.39 is 6.09 Å². The fourth-order valence-corrected chi connectivity index (χ4v) is 2.50. The van der Waals surface area contributed by atoms with Gasteiger partial charge in [0.2, 0.25) is 0 Å². The molecule has 2 atom stereocenters. The van der Waals surface area contributed by atoms with Crippen molar-refractivity contribution in [2.24, 2.45) is 5.41 Å². The summed E-state index contributed by atoms with van der Waals surface area (Å²) in [5, 5.41) is 9.01. The molecule has 2 bridgehead atoms. The SMILES string of the molecule is CC(C)(C)C(=O)CN1CC2CN(C(=O)O)CC(C1)O2. The Labute approximate surface area is 113 Å². The second-order valence-corrected chi connectivity index (χ2v) is 6.43. The minimum Gasteiger partial charge on any atom is -0.465 e. The molecule has 0 saturated carbocycles. The number of Topliss-reactive ketones (excluding diaryl/α,β-unsaturated/α-hetero) is 1. The number of rotatable bonds is 2. The van der Waals surface area contributed by atoms with Crippen LogP contribution in [0, 0.1) is 5.41 Å². The molecular formula is C13H22N2O4. The van der Waals surface area contributed by atoms with Crippen LogP contribution in [-0.4, -0.2) is 71.7 Å². The first kappa shape index (κ1) is 14.3. The van der Waals surface area contributed by atoms with Crippen LogP contribution < -0.4 is 0 Å². The molecule has 2 unspecified atom stereocenters. The van der Waals surface area contributed by atoms with Gasteiger partial charge in [-0.25, -0.2) is 4.79 Å². The summed E-state index contributed by atoms with van der Waals surface area (Å²) in [5.74, 6) is 0.211. The maximum atomic E-state index is 12.0. The fourth-order valence-electron chi connectivity index (χ4n) is 2.50. The number of fused-ring (bicyclic) bond motifs is 2. The highest BCUT2D eigenvalue weighted by Gasteiger charge is 2.37. The van der Waals surface area contributed by atoms with E-state index in [0.29, 0.717) is 32.7 Å². The maximum absolute atomic E-state index is 12.0. The molecule has 2 aliphatic rings. The highest BCUT2D eigenvalue weighted by Crippen LogP contribution is 2.21. The maximum Gasteiger partial charge on any atom is 0.407 e. The standard InChI is InChI=1S/C13H22N2O4/c1-13(2,3)11(16)8-14-4-9-6-15(12(17)18)7-10(5-14)19-9/h9-10H,4-8H2,1-3H3,(H,17,18). The number of hydrogen-bond acceptors (Lipinski definition) is 4. The number of ether oxygens (including phenoxy) is 1. The number of morpholine rings is 2. The zero-order valence-corrected chi connectivity index (χ0v) is 11.8. The van der Waals surface area contributed by atoms with Crippen molar-refractivity contribution in [2.75, 3.05) is 32.7 Å². The van der Waals surface area contributed by atoms with E-state index in [0.717, 1.165) is 0 Å². The van der Waals surface area contributed by atoms with Gasteiger partial charge in [0.1, 0.15) is 0 Å². The van der Waals surface area contributed by atoms with Gasteiger partial charge >= 0.3 is 6.09 Å². The molecule has 0 aliphatic carbocycles. The summed E-state index contributed by atoms with van der Waals surface area (Å²) in [5.41, 5.74) is -0.333. The first-order chi connectivity index (χ1) is 8.75. The number of carbonyl (C=O) groups is 2. The number of hydrogen-bond donors (Lipinski definition) is 1. The van der Waals surface area contributed by atoms with Crippen molar-refractivity contribution >= 4 is 11.9 Å². The van der Waals surface area contributed by atoms with Crippen molar-refractivity contribution < 1.29 is 19.4 Å². The summed E-state index contributed by atoms with van der Waals surface area (Å²) in [6, 6.07) is 0. The topological polar surface area (TPSA) is 70.1 Å². The number of nitrogens with zero attached hydrogens (tertiary/aromatic N) is 2. The van der Waals surface area contributed by atoms with E-state index >= 15 is 0 Å². The molecule has 0 aromatic heterocycles. The van der Waals surface area contributed by atoms with Crippen LogP contribution >= 0.6 is 0 Å². The van der Waals surface area contributed by atoms with E-state index in [-0.39, 0.29) is 23.4 Å². The molecule has 2 heterocycles. The highest BCUT2D eigenvalue weighted by atomic mass is 16.5. The molecule has 1 N–H and O–H groups in total. The average molecular weight is 270 g/mol. The zero-order chi connectivity index (χ0) is 14.2. The van der Waals surface area contributed by atoms with E-state index in [1.54, 1.807) is 0 Å². The quantitative estimate of drug-likeness (QED) is 0.798. The lowest BCUT2D eigenvalue weighted by Crippen LogP contribution is -2.61. The Morgan fingerprint density at radius 3 is 2.11 bits per heavy atom. The van der Waals surface area contributed by atoms with Gasteiger partial charge in [0.15, 0.2) is 5.78 Å². The van der Waals surface area contributed by atoms with E-state index in [4.69, 9.17) is 9.84 Å². The van der Waals surface area contributed by atoms with Crippen LogP contribution in [0.25, 0.3) is 0 Å². The number of carboxylic acid groups (broad SMARTS) is 1. The monoisotopic (exact) mass is 270 g/mol. The van der Waals surface area contributed by atoms with Crippen LogP contribution in [0.2, 0.25) is 0 Å². The Hall–Kier alpha value is -1.14. The highest BCUT2D eigenvalue weighted by molar-refractivity contribution is 5.85. The van der Waals surface area contributed by atoms with Gasteiger partial charge in [-0.3, -0.25) is 9.69 Å². The number of amides is 1. The third kappa shape index (κ3) is 3.45. The minimum atomic E-state index is -0.891. The third-order valence-electron chi connectivity index (χ3n) is 3.63. The molecule has 0 aromatic rings. The van der Waals surface area contributed by atoms with Crippen LogP contribution in [0.4, 0.5) is 4.79 Å². The van der Waals surface area contributed by atoms with Crippen molar-refractivity contribution in [3.8, 4) is 0 Å². The molecular weight excluding hydrogens is 248 g/mol. The van der Waals surface area contributed by atoms with E-state index in [1.807, 2.05) is 20.8 Å². The predicted octanol–water partition coefficient (Wildman–Crippen LogP) is 0.665. The van der Waals surface area contributed by atoms with Crippen molar-refractivity contribution in [3.05, 3.63) is 0 Å². The largest absolute Gasteiger partial charge is 0.465 e. The average Bonchev–Trinajstić information content (AvgIpc) is 2.26. The Balaban J connectivity index is 1.92. The van der Waals surface area contributed by atoms with Crippen molar-refractivity contribution in [3.63, 3.8) is 0 Å². The van der Waals surface area contributed by atoms with Crippen molar-refractivity contribution in [1.29, 1.82) is 0 Å². The second-order valence-electron chi connectivity index (χ2n) is 6.43. The van der Waals surface area contributed by atoms with Gasteiger partial charge in [-0.05, 0) is 0 Å². The normalized spacial score (nSPS) is 28.3. The number of carbonyl (C=O) groups excluding carboxylic acids is 1. The van der Waals surface area contributed by atoms with Gasteiger partial charge < -0.3 is 14.7 Å². The van der Waals surface area contributed by atoms with Gasteiger partial charge in [-0.15, -0.1) is 0 Å². The lowest BCUT2D eigenvalue weighted by molar-refractivity contribution is -0.143. The molecule has 2 aliphatic heterocycles. The van der Waals surface area contributed by atoms with Gasteiger partial charge in [-0.2, -0.15) is 0 Å². The number of ketones is 1. The summed E-state index contributed by atoms with van der Waals surface area (Å²) in [4.78, 5) is 26.5. The summed E-state index contributed by atoms with van der Waals surface area (Å²) < 4.78 is 5.74. The van der Waals surface area contributed by atoms with E-state index in [1.165, 1.54) is 4.90 Å². The molecule has 19 heavy (non-hydrogen) atoms. The smallest absolute Gasteiger partial charge is 0.407 e. The Morgan fingerprint density at radius 1 is 1.16 bits per heavy atom. The Kier molecular flexibility index (Phi) is 3.82.